The van der Waals surface area contributed by atoms with E-state index in [9.17, 15) is 47.9 Å². The van der Waals surface area contributed by atoms with Crippen LogP contribution in [0.4, 0.5) is 0 Å². The summed E-state index contributed by atoms with van der Waals surface area (Å²) in [5.41, 5.74) is 34.9. The highest BCUT2D eigenvalue weighted by atomic mass is 35.5. The van der Waals surface area contributed by atoms with Crippen LogP contribution in [0.3, 0.4) is 0 Å². The van der Waals surface area contributed by atoms with E-state index in [0.717, 1.165) is 17.8 Å². The van der Waals surface area contributed by atoms with Gasteiger partial charge in [-0.3, -0.25) is 57.9 Å². The third-order valence-corrected chi connectivity index (χ3v) is 12.3. The Morgan fingerprint density at radius 3 is 1.92 bits per heavy atom. The molecular weight excluding hydrogens is 1010 g/mol. The van der Waals surface area contributed by atoms with Gasteiger partial charge in [0, 0.05) is 67.9 Å². The fourth-order valence-corrected chi connectivity index (χ4v) is 8.32. The molecule has 7 atom stereocenters. The first-order valence-corrected chi connectivity index (χ1v) is 24.8. The van der Waals surface area contributed by atoms with Crippen LogP contribution in [0.5, 0.6) is 0 Å². The number of nitrogens with one attached hydrogen (secondary N) is 9. The van der Waals surface area contributed by atoms with Gasteiger partial charge < -0.3 is 81.9 Å². The van der Waals surface area contributed by atoms with E-state index in [1.54, 1.807) is 42.6 Å². The molecule has 0 bridgehead atoms. The smallest absolute Gasteiger partial charge is 0.243 e. The van der Waals surface area contributed by atoms with Gasteiger partial charge in [0.15, 0.2) is 11.9 Å². The first kappa shape index (κ1) is 60.1. The van der Waals surface area contributed by atoms with Gasteiger partial charge in [-0.15, -0.1) is 0 Å². The summed E-state index contributed by atoms with van der Waals surface area (Å²) < 4.78 is 0. The number of primary amides is 2. The number of amides is 10. The summed E-state index contributed by atoms with van der Waals surface area (Å²) in [7, 11) is 0. The van der Waals surface area contributed by atoms with E-state index in [1.165, 1.54) is 6.07 Å². The van der Waals surface area contributed by atoms with E-state index >= 15 is 0 Å². The summed E-state index contributed by atoms with van der Waals surface area (Å²) in [6.07, 6.45) is -0.272. The Bertz CT molecular complexity index is 2640. The van der Waals surface area contributed by atoms with E-state index in [0.29, 0.717) is 11.1 Å². The minimum Gasteiger partial charge on any atom is -0.370 e. The van der Waals surface area contributed by atoms with Gasteiger partial charge in [0.2, 0.25) is 59.1 Å². The molecule has 0 spiro atoms. The molecule has 76 heavy (non-hydrogen) atoms. The number of guanidine groups is 2. The number of aromatic nitrogens is 1. The maximum Gasteiger partial charge on any atom is 0.243 e. The number of hydrogen-bond donors (Lipinski definition) is 15. The molecule has 2 heterocycles. The van der Waals surface area contributed by atoms with Crippen molar-refractivity contribution in [2.45, 2.75) is 120 Å². The van der Waals surface area contributed by atoms with Gasteiger partial charge in [-0.25, -0.2) is 0 Å². The van der Waals surface area contributed by atoms with Gasteiger partial charge in [0.1, 0.15) is 42.3 Å². The molecule has 1 aliphatic heterocycles. The molecule has 2 aromatic carbocycles. The number of carbonyl (C=O) groups is 10. The van der Waals surface area contributed by atoms with Crippen LogP contribution in [0.2, 0.25) is 5.02 Å². The molecule has 4 rings (SSSR count). The Morgan fingerprint density at radius 2 is 1.28 bits per heavy atom. The van der Waals surface area contributed by atoms with Crippen LogP contribution in [0.25, 0.3) is 10.9 Å². The summed E-state index contributed by atoms with van der Waals surface area (Å²) in [5, 5.41) is 21.5. The van der Waals surface area contributed by atoms with Crippen molar-refractivity contribution in [1.29, 1.82) is 0 Å². The van der Waals surface area contributed by atoms with Crippen LogP contribution in [-0.4, -0.2) is 138 Å². The number of benzene rings is 2. The molecule has 10 amide bonds. The molecule has 1 aliphatic rings. The number of aliphatic imine (C=N–C) groups is 2. The lowest BCUT2D eigenvalue weighted by atomic mass is 10.0. The Morgan fingerprint density at radius 1 is 0.697 bits per heavy atom. The lowest BCUT2D eigenvalue weighted by Gasteiger charge is -2.28. The fraction of sp³-hybridized carbons (Fsp3) is 0.458. The summed E-state index contributed by atoms with van der Waals surface area (Å²) in [6, 6.07) is 3.13. The number of carbonyl (C=O) groups excluding carboxylic acids is 10. The monoisotopic (exact) mass is 1080 g/mol. The summed E-state index contributed by atoms with van der Waals surface area (Å²) in [5.74, 6) is -9.40. The zero-order valence-corrected chi connectivity index (χ0v) is 42.7. The Hall–Kier alpha value is -8.49. The van der Waals surface area contributed by atoms with Crippen molar-refractivity contribution >= 4 is 93.5 Å². The molecule has 0 unspecified atom stereocenters. The number of nitrogens with two attached hydrogens (primary N) is 6. The Kier molecular flexibility index (Phi) is 23.7. The molecule has 0 aliphatic carbocycles. The average Bonchev–Trinajstić information content (AvgIpc) is 3.76. The number of fused-ring (bicyclic) bond motifs is 1. The molecule has 27 nitrogen and oxygen atoms in total. The maximum atomic E-state index is 14.6. The van der Waals surface area contributed by atoms with Crippen molar-refractivity contribution in [3.05, 3.63) is 70.9 Å². The molecule has 1 fully saturated rings. The van der Waals surface area contributed by atoms with Crippen LogP contribution in [0.1, 0.15) is 75.8 Å². The third-order valence-electron chi connectivity index (χ3n) is 11.9. The van der Waals surface area contributed by atoms with Crippen molar-refractivity contribution in [2.24, 2.45) is 44.4 Å². The van der Waals surface area contributed by atoms with Crippen molar-refractivity contribution in [3.63, 3.8) is 0 Å². The molecular formula is C48H68ClN17O10. The number of H-pyrrole nitrogens is 1. The van der Waals surface area contributed by atoms with Crippen molar-refractivity contribution in [3.8, 4) is 0 Å². The fourth-order valence-electron chi connectivity index (χ4n) is 8.11. The average molecular weight is 1080 g/mol. The standard InChI is InChI=1S/C48H68ClN17O10/c1-25(67)60-32(14-7-19-57-47(52)53)41(71)63-34-16-17-39(69)56-18-6-13-31(40(51)70)61-44(74)36(22-27-24-59-30-12-5-3-10-28(27)30)64-42(72)33(15-8-20-58-48(54)55)62-45(75)35(21-26-9-2-4-11-29(26)49)65-46(76)37(23-38(50)68)66-43(34)73/h2-5,9-12,24,31-37,59H,6-8,13-23H2,1H3,(H2,50,68)(H2,51,70)(H,56,69)(H,60,67)(H,61,74)(H,62,75)(H,63,71)(H,64,72)(H,65,76)(H,66,73)(H4,52,53,57)(H4,54,55,58)/t31-,32-,33-,34-,35+,36-,37-/m0/s1. The van der Waals surface area contributed by atoms with Gasteiger partial charge in [-0.05, 0) is 68.2 Å². The van der Waals surface area contributed by atoms with E-state index in [2.05, 4.69) is 57.5 Å². The van der Waals surface area contributed by atoms with Gasteiger partial charge in [0.05, 0.1) is 6.42 Å². The summed E-state index contributed by atoms with van der Waals surface area (Å²) >= 11 is 6.53. The Labute approximate surface area is 442 Å². The first-order valence-electron chi connectivity index (χ1n) is 24.4. The number of halogens is 1. The van der Waals surface area contributed by atoms with Gasteiger partial charge >= 0.3 is 0 Å². The quantitative estimate of drug-likeness (QED) is 0.0330. The van der Waals surface area contributed by atoms with Crippen LogP contribution in [0, 0.1) is 0 Å². The maximum absolute atomic E-state index is 14.6. The Balaban J connectivity index is 1.79. The predicted molar refractivity (Wildman–Crippen MR) is 281 cm³/mol. The van der Waals surface area contributed by atoms with Crippen LogP contribution in [-0.2, 0) is 60.8 Å². The molecule has 0 saturated carbocycles. The van der Waals surface area contributed by atoms with Crippen LogP contribution < -0.4 is 76.9 Å². The van der Waals surface area contributed by atoms with Gasteiger partial charge in [-0.2, -0.15) is 0 Å². The number of aromatic amines is 1. The highest BCUT2D eigenvalue weighted by Crippen LogP contribution is 2.21. The van der Waals surface area contributed by atoms with Gasteiger partial charge in [0.25, 0.3) is 0 Å². The van der Waals surface area contributed by atoms with Crippen LogP contribution in [0.15, 0.2) is 64.7 Å². The molecule has 412 valence electrons. The second-order valence-corrected chi connectivity index (χ2v) is 18.4. The predicted octanol–water partition coefficient (Wildman–Crippen LogP) is -3.82. The lowest BCUT2D eigenvalue weighted by Crippen LogP contribution is -2.61. The molecule has 21 N–H and O–H groups in total. The number of rotatable bonds is 18. The van der Waals surface area contributed by atoms with Crippen molar-refractivity contribution in [1.82, 2.24) is 47.5 Å². The molecule has 1 saturated heterocycles. The minimum absolute atomic E-state index is 0.00500. The number of nitrogens with zero attached hydrogens (tertiary/aromatic N) is 2. The normalized spacial score (nSPS) is 20.9. The molecule has 3 aromatic rings. The zero-order chi connectivity index (χ0) is 55.9. The van der Waals surface area contributed by atoms with Crippen molar-refractivity contribution < 1.29 is 47.9 Å². The second kappa shape index (κ2) is 30.0. The highest BCUT2D eigenvalue weighted by molar-refractivity contribution is 6.31. The largest absolute Gasteiger partial charge is 0.370 e. The molecule has 0 radical (unpaired) electrons. The van der Waals surface area contributed by atoms with E-state index in [-0.39, 0.29) is 87.9 Å². The number of hydrogen-bond acceptors (Lipinski definition) is 12. The summed E-state index contributed by atoms with van der Waals surface area (Å²) in [6.45, 7) is 1.19. The van der Waals surface area contributed by atoms with Gasteiger partial charge in [-0.1, -0.05) is 48.0 Å². The minimum atomic E-state index is -1.81. The third kappa shape index (κ3) is 20.1. The van der Waals surface area contributed by atoms with E-state index < -0.39 is 121 Å². The van der Waals surface area contributed by atoms with Crippen molar-refractivity contribution in [2.75, 3.05) is 19.6 Å². The first-order chi connectivity index (χ1) is 36.1. The number of para-hydroxylation sites is 1. The molecule has 28 heteroatoms. The van der Waals surface area contributed by atoms with Crippen LogP contribution >= 0.6 is 11.6 Å². The topological polar surface area (TPSA) is 464 Å². The lowest BCUT2D eigenvalue weighted by molar-refractivity contribution is -0.136. The molecule has 1 aromatic heterocycles. The highest BCUT2D eigenvalue weighted by Gasteiger charge is 2.35. The zero-order valence-electron chi connectivity index (χ0n) is 42.0. The second-order valence-electron chi connectivity index (χ2n) is 18.0. The summed E-state index contributed by atoms with van der Waals surface area (Å²) in [4.78, 5) is 148. The SMILES string of the molecule is CC(=O)N[C@@H](CCCN=C(N)N)C(=O)N[C@H]1CCC(=O)NCCC[C@@H](C(N)=O)NC(=O)[C@H](Cc2c[nH]c3ccccc23)NC(=O)[C@H](CCCN=C(N)N)NC(=O)[C@@H](Cc2ccccc2Cl)NC(=O)[C@H](CC(N)=O)NC1=O. The van der Waals surface area contributed by atoms with E-state index in [4.69, 9.17) is 46.0 Å². The van der Waals surface area contributed by atoms with E-state index in [1.807, 2.05) is 6.07 Å².